The Morgan fingerprint density at radius 2 is 1.81 bits per heavy atom. The predicted octanol–water partition coefficient (Wildman–Crippen LogP) is 4.99. The molecule has 1 aromatic heterocycles. The molecule has 3 aromatic rings. The van der Waals surface area contributed by atoms with E-state index in [4.69, 9.17) is 12.2 Å². The van der Waals surface area contributed by atoms with E-state index in [1.165, 1.54) is 16.9 Å². The molecule has 0 atom stereocenters. The van der Waals surface area contributed by atoms with Gasteiger partial charge >= 0.3 is 0 Å². The minimum absolute atomic E-state index is 0.351. The molecule has 0 aliphatic heterocycles. The Labute approximate surface area is 132 Å². The summed E-state index contributed by atoms with van der Waals surface area (Å²) >= 11 is 6.67. The van der Waals surface area contributed by atoms with Crippen LogP contribution in [0.3, 0.4) is 0 Å². The highest BCUT2D eigenvalue weighted by Crippen LogP contribution is 2.27. The molecule has 104 valence electrons. The van der Waals surface area contributed by atoms with Crippen LogP contribution in [0.25, 0.3) is 10.6 Å². The highest BCUT2D eigenvalue weighted by molar-refractivity contribution is 7.71. The minimum Gasteiger partial charge on any atom is -0.331 e. The molecule has 1 heterocycles. The largest absolute Gasteiger partial charge is 0.331 e. The fraction of sp³-hybridized carbons (Fsp3) is 0.0625. The first-order chi connectivity index (χ1) is 10.2. The molecular weight excluding hydrogens is 298 g/mol. The van der Waals surface area contributed by atoms with Crippen molar-refractivity contribution in [2.75, 3.05) is 5.32 Å². The smallest absolute Gasteiger partial charge is 0.223 e. The van der Waals surface area contributed by atoms with Crippen LogP contribution in [0.1, 0.15) is 5.56 Å². The Morgan fingerprint density at radius 1 is 1.00 bits per heavy atom. The minimum atomic E-state index is 0.351. The Bertz CT molecular complexity index is 813. The zero-order valence-corrected chi connectivity index (χ0v) is 13.0. The lowest BCUT2D eigenvalue weighted by molar-refractivity contribution is 1.18. The number of aromatic nitrogens is 2. The molecule has 0 amide bonds. The van der Waals surface area contributed by atoms with E-state index < -0.39 is 0 Å². The molecule has 0 aliphatic carbocycles. The molecule has 1 N–H and O–H groups in total. The van der Waals surface area contributed by atoms with Gasteiger partial charge in [0, 0.05) is 11.3 Å². The van der Waals surface area contributed by atoms with Crippen LogP contribution in [0.4, 0.5) is 10.8 Å². The van der Waals surface area contributed by atoms with E-state index in [0.29, 0.717) is 4.77 Å². The molecule has 0 saturated heterocycles. The highest BCUT2D eigenvalue weighted by Gasteiger charge is 2.05. The summed E-state index contributed by atoms with van der Waals surface area (Å²) in [5.74, 6) is 0. The van der Waals surface area contributed by atoms with E-state index in [1.807, 2.05) is 42.5 Å². The molecule has 0 unspecified atom stereocenters. The lowest BCUT2D eigenvalue weighted by atomic mass is 10.1. The maximum absolute atomic E-state index is 5.18. The molecular formula is C16H13N3S2. The number of nitrogens with one attached hydrogen (secondary N) is 1. The first-order valence-electron chi connectivity index (χ1n) is 6.49. The molecule has 0 radical (unpaired) electrons. The van der Waals surface area contributed by atoms with E-state index in [1.54, 1.807) is 0 Å². The van der Waals surface area contributed by atoms with Crippen molar-refractivity contribution in [3.63, 3.8) is 0 Å². The van der Waals surface area contributed by atoms with Crippen LogP contribution >= 0.6 is 23.6 Å². The zero-order chi connectivity index (χ0) is 14.7. The summed E-state index contributed by atoms with van der Waals surface area (Å²) in [7, 11) is 0. The van der Waals surface area contributed by atoms with E-state index in [-0.39, 0.29) is 0 Å². The Morgan fingerprint density at radius 3 is 2.57 bits per heavy atom. The van der Waals surface area contributed by atoms with Crippen LogP contribution in [0.5, 0.6) is 0 Å². The molecule has 5 heteroatoms. The number of anilines is 2. The third kappa shape index (κ3) is 3.51. The quantitative estimate of drug-likeness (QED) is 0.692. The van der Waals surface area contributed by atoms with E-state index >= 15 is 0 Å². The zero-order valence-electron chi connectivity index (χ0n) is 11.4. The number of aryl methyl sites for hydroxylation is 1. The van der Waals surface area contributed by atoms with Crippen molar-refractivity contribution in [2.24, 2.45) is 0 Å². The summed E-state index contributed by atoms with van der Waals surface area (Å²) in [6, 6.07) is 18.1. The Hall–Kier alpha value is -2.11. The third-order valence-corrected chi connectivity index (χ3v) is 3.97. The van der Waals surface area contributed by atoms with Gasteiger partial charge in [-0.25, -0.2) is 4.98 Å². The number of nitrogens with zero attached hydrogens (tertiary/aromatic N) is 2. The van der Waals surface area contributed by atoms with Crippen molar-refractivity contribution in [3.05, 3.63) is 64.9 Å². The standard InChI is InChI=1S/C16H13N3S2/c1-11-6-5-7-12(10-11)14-18-15(20)19-16(21-14)17-13-8-3-2-4-9-13/h2-10H,1H3,(H,17,19,20). The molecule has 2 aromatic carbocycles. The summed E-state index contributed by atoms with van der Waals surface area (Å²) in [6.07, 6.45) is 0. The number of hydrogen-bond acceptors (Lipinski definition) is 5. The second kappa shape index (κ2) is 6.11. The first kappa shape index (κ1) is 13.9. The number of hydrogen-bond donors (Lipinski definition) is 1. The van der Waals surface area contributed by atoms with Crippen LogP contribution in [-0.4, -0.2) is 9.97 Å². The maximum atomic E-state index is 5.18. The fourth-order valence-electron chi connectivity index (χ4n) is 1.94. The van der Waals surface area contributed by atoms with Crippen molar-refractivity contribution in [1.82, 2.24) is 9.97 Å². The average Bonchev–Trinajstić information content (AvgIpc) is 2.48. The fourth-order valence-corrected chi connectivity index (χ4v) is 3.10. The van der Waals surface area contributed by atoms with Crippen molar-refractivity contribution >= 4 is 34.4 Å². The van der Waals surface area contributed by atoms with Gasteiger partial charge < -0.3 is 5.32 Å². The maximum Gasteiger partial charge on any atom is 0.223 e. The molecule has 21 heavy (non-hydrogen) atoms. The normalized spacial score (nSPS) is 10.3. The molecule has 0 aliphatic rings. The number of para-hydroxylation sites is 1. The van der Waals surface area contributed by atoms with Crippen molar-refractivity contribution in [1.29, 1.82) is 0 Å². The van der Waals surface area contributed by atoms with Gasteiger partial charge in [-0.1, -0.05) is 53.3 Å². The van der Waals surface area contributed by atoms with Crippen molar-refractivity contribution in [2.45, 2.75) is 6.92 Å². The molecule has 0 saturated carbocycles. The second-order valence-corrected chi connectivity index (χ2v) is 5.92. The Kier molecular flexibility index (Phi) is 4.03. The lowest BCUT2D eigenvalue weighted by Gasteiger charge is -2.06. The number of benzene rings is 2. The van der Waals surface area contributed by atoms with E-state index in [0.717, 1.165) is 21.4 Å². The predicted molar refractivity (Wildman–Crippen MR) is 90.6 cm³/mol. The molecule has 0 fully saturated rings. The molecule has 0 spiro atoms. The van der Waals surface area contributed by atoms with Gasteiger partial charge in [0.05, 0.1) is 0 Å². The van der Waals surface area contributed by atoms with E-state index in [9.17, 15) is 0 Å². The van der Waals surface area contributed by atoms with Gasteiger partial charge in [0.15, 0.2) is 5.13 Å². The Balaban J connectivity index is 1.99. The van der Waals surface area contributed by atoms with Crippen LogP contribution in [-0.2, 0) is 0 Å². The lowest BCUT2D eigenvalue weighted by Crippen LogP contribution is -1.94. The summed E-state index contributed by atoms with van der Waals surface area (Å²) < 4.78 is 0.351. The molecule has 3 rings (SSSR count). The summed E-state index contributed by atoms with van der Waals surface area (Å²) in [5.41, 5.74) is 3.24. The van der Waals surface area contributed by atoms with Gasteiger partial charge in [-0.3, -0.25) is 0 Å². The van der Waals surface area contributed by atoms with Crippen LogP contribution in [0.15, 0.2) is 54.6 Å². The third-order valence-electron chi connectivity index (χ3n) is 2.88. The van der Waals surface area contributed by atoms with Gasteiger partial charge in [-0.15, -0.1) is 0 Å². The van der Waals surface area contributed by atoms with Gasteiger partial charge in [0.25, 0.3) is 0 Å². The summed E-state index contributed by atoms with van der Waals surface area (Å²) in [6.45, 7) is 2.06. The molecule has 0 bridgehead atoms. The van der Waals surface area contributed by atoms with E-state index in [2.05, 4.69) is 34.3 Å². The van der Waals surface area contributed by atoms with Crippen LogP contribution in [0.2, 0.25) is 0 Å². The summed E-state index contributed by atoms with van der Waals surface area (Å²) in [4.78, 5) is 8.66. The monoisotopic (exact) mass is 311 g/mol. The topological polar surface area (TPSA) is 37.8 Å². The highest BCUT2D eigenvalue weighted by atomic mass is 32.1. The van der Waals surface area contributed by atoms with Crippen molar-refractivity contribution < 1.29 is 0 Å². The van der Waals surface area contributed by atoms with Gasteiger partial charge in [-0.2, -0.15) is 4.98 Å². The first-order valence-corrected chi connectivity index (χ1v) is 7.71. The number of rotatable bonds is 3. The van der Waals surface area contributed by atoms with Gasteiger partial charge in [0.2, 0.25) is 4.77 Å². The van der Waals surface area contributed by atoms with Crippen molar-refractivity contribution in [3.8, 4) is 10.6 Å². The second-order valence-electron chi connectivity index (χ2n) is 4.58. The molecule has 3 nitrogen and oxygen atoms in total. The van der Waals surface area contributed by atoms with Crippen LogP contribution < -0.4 is 5.32 Å². The SMILES string of the molecule is Cc1cccc(-c2nc(=S)nc(Nc3ccccc3)s2)c1. The van der Waals surface area contributed by atoms with Gasteiger partial charge in [-0.05, 0) is 37.3 Å². The van der Waals surface area contributed by atoms with Gasteiger partial charge in [0.1, 0.15) is 5.01 Å². The summed E-state index contributed by atoms with van der Waals surface area (Å²) in [5, 5.41) is 4.89. The van der Waals surface area contributed by atoms with Crippen LogP contribution in [0, 0.1) is 11.7 Å². The average molecular weight is 311 g/mol.